The van der Waals surface area contributed by atoms with Crippen molar-refractivity contribution in [3.8, 4) is 11.5 Å². The van der Waals surface area contributed by atoms with E-state index in [-0.39, 0.29) is 31.1 Å². The first-order chi connectivity index (χ1) is 13.0. The largest absolute Gasteiger partial charge is 0.454 e. The lowest BCUT2D eigenvalue weighted by molar-refractivity contribution is -0.895. The van der Waals surface area contributed by atoms with Crippen molar-refractivity contribution >= 4 is 23.5 Å². The van der Waals surface area contributed by atoms with Crippen molar-refractivity contribution in [1.29, 1.82) is 0 Å². The Kier molecular flexibility index (Phi) is 5.80. The fraction of sp³-hybridized carbons (Fsp3) is 0.500. The minimum absolute atomic E-state index is 0.0962. The van der Waals surface area contributed by atoms with E-state index in [0.29, 0.717) is 55.5 Å². The van der Waals surface area contributed by atoms with Gasteiger partial charge in [0.1, 0.15) is 0 Å². The van der Waals surface area contributed by atoms with Gasteiger partial charge in [0.05, 0.1) is 38.5 Å². The highest BCUT2D eigenvalue weighted by molar-refractivity contribution is 6.04. The zero-order valence-electron chi connectivity index (χ0n) is 15.5. The number of nitrogens with zero attached hydrogens (tertiary/aromatic N) is 1. The fourth-order valence-electron chi connectivity index (χ4n) is 3.16. The second-order valence-electron chi connectivity index (χ2n) is 6.47. The summed E-state index contributed by atoms with van der Waals surface area (Å²) in [5.41, 5.74) is 0.802. The summed E-state index contributed by atoms with van der Waals surface area (Å²) in [5, 5.41) is 2.80. The number of benzene rings is 1. The van der Waals surface area contributed by atoms with Crippen molar-refractivity contribution in [3.63, 3.8) is 0 Å². The molecule has 0 spiro atoms. The quantitative estimate of drug-likeness (QED) is 0.695. The smallest absolute Gasteiger partial charge is 0.410 e. The minimum atomic E-state index is -0.313. The lowest BCUT2D eigenvalue weighted by atomic mass is 10.1. The molecule has 0 bridgehead atoms. The fourth-order valence-corrected chi connectivity index (χ4v) is 3.16. The Morgan fingerprint density at radius 3 is 2.48 bits per heavy atom. The van der Waals surface area contributed by atoms with Crippen LogP contribution in [0.1, 0.15) is 24.2 Å². The maximum absolute atomic E-state index is 12.5. The van der Waals surface area contributed by atoms with Gasteiger partial charge in [0.2, 0.25) is 6.79 Å². The molecule has 9 nitrogen and oxygen atoms in total. The first-order valence-corrected chi connectivity index (χ1v) is 8.97. The van der Waals surface area contributed by atoms with Gasteiger partial charge in [-0.15, -0.1) is 0 Å². The van der Waals surface area contributed by atoms with Gasteiger partial charge in [-0.3, -0.25) is 14.5 Å². The number of nitrogens with one attached hydrogen (secondary N) is 2. The highest BCUT2D eigenvalue weighted by atomic mass is 16.7. The highest BCUT2D eigenvalue weighted by Crippen LogP contribution is 2.37. The Morgan fingerprint density at radius 1 is 1.19 bits per heavy atom. The van der Waals surface area contributed by atoms with Gasteiger partial charge in [0.25, 0.3) is 5.91 Å². The molecule has 0 aromatic heterocycles. The number of amides is 2. The Hall–Kier alpha value is -2.81. The number of Topliss-reactive ketones (excluding diaryl/α,β-unsaturated/α-hetero) is 1. The lowest BCUT2D eigenvalue weighted by Gasteiger charge is -2.31. The topological polar surface area (TPSA) is 98.6 Å². The predicted octanol–water partition coefficient (Wildman–Crippen LogP) is -0.0866. The van der Waals surface area contributed by atoms with Crippen LogP contribution in [0.15, 0.2) is 12.1 Å². The van der Waals surface area contributed by atoms with Gasteiger partial charge in [0, 0.05) is 11.6 Å². The first-order valence-electron chi connectivity index (χ1n) is 8.97. The summed E-state index contributed by atoms with van der Waals surface area (Å²) in [4.78, 5) is 38.8. The van der Waals surface area contributed by atoms with Crippen LogP contribution < -0.4 is 19.7 Å². The number of quaternary nitrogens is 1. The number of piperazine rings is 1. The molecule has 0 aliphatic carbocycles. The van der Waals surface area contributed by atoms with E-state index in [2.05, 4.69) is 5.32 Å². The number of hydrogen-bond acceptors (Lipinski definition) is 6. The second kappa shape index (κ2) is 8.26. The number of anilines is 1. The molecule has 1 aromatic carbocycles. The Labute approximate surface area is 157 Å². The third-order valence-electron chi connectivity index (χ3n) is 4.57. The van der Waals surface area contributed by atoms with Gasteiger partial charge in [-0.05, 0) is 19.9 Å². The molecule has 9 heteroatoms. The molecule has 1 aromatic rings. The monoisotopic (exact) mass is 378 g/mol. The molecule has 2 heterocycles. The minimum Gasteiger partial charge on any atom is -0.454 e. The summed E-state index contributed by atoms with van der Waals surface area (Å²) in [7, 11) is 0. The zero-order chi connectivity index (χ0) is 19.4. The van der Waals surface area contributed by atoms with E-state index in [9.17, 15) is 14.4 Å². The van der Waals surface area contributed by atoms with E-state index < -0.39 is 0 Å². The van der Waals surface area contributed by atoms with Gasteiger partial charge < -0.3 is 24.4 Å². The van der Waals surface area contributed by atoms with Crippen molar-refractivity contribution in [3.05, 3.63) is 17.7 Å². The van der Waals surface area contributed by atoms with Crippen LogP contribution in [0.3, 0.4) is 0 Å². The maximum Gasteiger partial charge on any atom is 0.410 e. The molecule has 146 valence electrons. The highest BCUT2D eigenvalue weighted by Gasteiger charge is 2.27. The molecule has 0 radical (unpaired) electrons. The van der Waals surface area contributed by atoms with Gasteiger partial charge in [-0.25, -0.2) is 4.79 Å². The maximum atomic E-state index is 12.5. The molecule has 1 fully saturated rings. The van der Waals surface area contributed by atoms with Crippen molar-refractivity contribution in [1.82, 2.24) is 4.90 Å². The predicted molar refractivity (Wildman–Crippen MR) is 95.4 cm³/mol. The zero-order valence-corrected chi connectivity index (χ0v) is 15.5. The summed E-state index contributed by atoms with van der Waals surface area (Å²) in [6.45, 7) is 6.32. The molecule has 2 amide bonds. The molecule has 0 unspecified atom stereocenters. The van der Waals surface area contributed by atoms with Gasteiger partial charge in [-0.1, -0.05) is 0 Å². The molecule has 1 saturated heterocycles. The van der Waals surface area contributed by atoms with Crippen LogP contribution in [0.2, 0.25) is 0 Å². The summed E-state index contributed by atoms with van der Waals surface area (Å²) in [5.74, 6) is 0.638. The van der Waals surface area contributed by atoms with E-state index in [1.165, 1.54) is 6.92 Å². The van der Waals surface area contributed by atoms with Crippen molar-refractivity contribution in [2.45, 2.75) is 13.8 Å². The summed E-state index contributed by atoms with van der Waals surface area (Å²) in [6.07, 6.45) is -0.313. The summed E-state index contributed by atoms with van der Waals surface area (Å²) in [6, 6.07) is 3.20. The number of carbonyl (C=O) groups is 3. The molecule has 2 aliphatic heterocycles. The Balaban J connectivity index is 1.57. The number of ketones is 1. The van der Waals surface area contributed by atoms with Crippen molar-refractivity contribution < 1.29 is 33.5 Å². The number of ether oxygens (including phenoxy) is 3. The van der Waals surface area contributed by atoms with Crippen LogP contribution in [-0.4, -0.2) is 68.8 Å². The van der Waals surface area contributed by atoms with E-state index in [1.54, 1.807) is 24.0 Å². The van der Waals surface area contributed by atoms with Crippen molar-refractivity contribution in [2.75, 3.05) is 51.4 Å². The third kappa shape index (κ3) is 4.48. The standard InChI is InChI=1S/C18H23N3O6/c1-3-25-18(24)21-6-4-20(5-7-21)10-17(23)19-14-9-16-15(26-11-27-16)8-13(14)12(2)22/h8-9H,3-7,10-11H2,1-2H3,(H,19,23)/p+1. The van der Waals surface area contributed by atoms with E-state index in [0.717, 1.165) is 4.90 Å². The number of hydrogen-bond donors (Lipinski definition) is 2. The van der Waals surface area contributed by atoms with Crippen LogP contribution in [0.5, 0.6) is 11.5 Å². The third-order valence-corrected chi connectivity index (χ3v) is 4.57. The molecule has 0 saturated carbocycles. The number of carbonyl (C=O) groups excluding carboxylic acids is 3. The molecule has 0 atom stereocenters. The van der Waals surface area contributed by atoms with E-state index in [4.69, 9.17) is 14.2 Å². The van der Waals surface area contributed by atoms with Gasteiger partial charge in [0.15, 0.2) is 23.8 Å². The molecule has 3 rings (SSSR count). The molecule has 2 N–H and O–H groups in total. The molecule has 27 heavy (non-hydrogen) atoms. The normalized spacial score (nSPS) is 16.1. The average Bonchev–Trinajstić information content (AvgIpc) is 3.09. The second-order valence-corrected chi connectivity index (χ2v) is 6.47. The number of fused-ring (bicyclic) bond motifs is 1. The molecular formula is C18H24N3O6+. The Morgan fingerprint density at radius 2 is 1.85 bits per heavy atom. The van der Waals surface area contributed by atoms with Crippen LogP contribution in [0.4, 0.5) is 10.5 Å². The molecular weight excluding hydrogens is 354 g/mol. The van der Waals surface area contributed by atoms with Gasteiger partial charge >= 0.3 is 6.09 Å². The average molecular weight is 378 g/mol. The van der Waals surface area contributed by atoms with Gasteiger partial charge in [-0.2, -0.15) is 0 Å². The summed E-state index contributed by atoms with van der Waals surface area (Å²) >= 11 is 0. The van der Waals surface area contributed by atoms with Crippen LogP contribution in [-0.2, 0) is 9.53 Å². The Bertz CT molecular complexity index is 743. The first kappa shape index (κ1) is 19.0. The van der Waals surface area contributed by atoms with E-state index in [1.807, 2.05) is 0 Å². The van der Waals surface area contributed by atoms with Crippen LogP contribution in [0, 0.1) is 0 Å². The summed E-state index contributed by atoms with van der Waals surface area (Å²) < 4.78 is 15.6. The van der Waals surface area contributed by atoms with Crippen LogP contribution >= 0.6 is 0 Å². The lowest BCUT2D eigenvalue weighted by Crippen LogP contribution is -3.15. The van der Waals surface area contributed by atoms with Crippen LogP contribution in [0.25, 0.3) is 0 Å². The number of rotatable bonds is 5. The van der Waals surface area contributed by atoms with E-state index >= 15 is 0 Å². The molecule has 2 aliphatic rings. The SMILES string of the molecule is CCOC(=O)N1CC[NH+](CC(=O)Nc2cc3c(cc2C(C)=O)OCO3)CC1. The van der Waals surface area contributed by atoms with Crippen molar-refractivity contribution in [2.24, 2.45) is 0 Å².